The Bertz CT molecular complexity index is 1270. The van der Waals surface area contributed by atoms with E-state index in [1.54, 1.807) is 27.7 Å². The highest BCUT2D eigenvalue weighted by molar-refractivity contribution is 5.76. The summed E-state index contributed by atoms with van der Waals surface area (Å²) >= 11 is 0. The highest BCUT2D eigenvalue weighted by Crippen LogP contribution is 2.41. The Morgan fingerprint density at radius 2 is 1.58 bits per heavy atom. The molecule has 0 spiro atoms. The number of ether oxygens (including phenoxy) is 7. The summed E-state index contributed by atoms with van der Waals surface area (Å²) in [6.45, 7) is 21.8. The van der Waals surface area contributed by atoms with E-state index in [-0.39, 0.29) is 43.5 Å². The number of likely N-dealkylation sites (N-methyl/N-ethyl adjacent to an activating group) is 2. The van der Waals surface area contributed by atoms with Crippen molar-refractivity contribution in [2.24, 2.45) is 29.6 Å². The first-order chi connectivity index (χ1) is 26.4. The second-order valence-electron chi connectivity index (χ2n) is 18.2. The summed E-state index contributed by atoms with van der Waals surface area (Å²) < 4.78 is 44.3. The second kappa shape index (κ2) is 20.8. The highest BCUT2D eigenvalue weighted by atomic mass is 16.7. The number of carbonyl (C=O) groups is 2. The van der Waals surface area contributed by atoms with Gasteiger partial charge in [-0.2, -0.15) is 0 Å². The fourth-order valence-corrected chi connectivity index (χ4v) is 9.36. The Labute approximate surface area is 341 Å². The van der Waals surface area contributed by atoms with E-state index in [9.17, 15) is 30.0 Å². The maximum absolute atomic E-state index is 14.3. The fraction of sp³-hybridized carbons (Fsp3) is 0.952. The Balaban J connectivity index is 2.22. The minimum Gasteiger partial charge on any atom is -0.462 e. The normalized spacial score (nSPS) is 45.7. The van der Waals surface area contributed by atoms with Gasteiger partial charge in [-0.15, -0.1) is 0 Å². The average molecular weight is 819 g/mol. The molecule has 0 unspecified atom stereocenters. The van der Waals surface area contributed by atoms with Crippen LogP contribution in [0.3, 0.4) is 0 Å². The number of hydrogen-bond acceptors (Lipinski definition) is 14. The molecule has 3 saturated heterocycles. The van der Waals surface area contributed by atoms with Gasteiger partial charge in [-0.1, -0.05) is 34.6 Å². The largest absolute Gasteiger partial charge is 0.462 e. The van der Waals surface area contributed by atoms with E-state index >= 15 is 0 Å². The van der Waals surface area contributed by atoms with Crippen LogP contribution in [-0.2, 0) is 42.7 Å². The number of amides is 1. The number of methoxy groups -OCH3 is 1. The van der Waals surface area contributed by atoms with E-state index in [1.807, 2.05) is 62.4 Å². The molecule has 0 aliphatic carbocycles. The van der Waals surface area contributed by atoms with Crippen LogP contribution in [0.2, 0.25) is 0 Å². The van der Waals surface area contributed by atoms with E-state index in [4.69, 9.17) is 33.2 Å². The molecule has 0 radical (unpaired) electrons. The third-order valence-corrected chi connectivity index (χ3v) is 13.3. The zero-order valence-electron chi connectivity index (χ0n) is 37.3. The number of aliphatic hydroxyl groups excluding tert-OH is 3. The fourth-order valence-electron chi connectivity index (χ4n) is 9.36. The molecule has 3 aliphatic rings. The quantitative estimate of drug-likeness (QED) is 0.191. The van der Waals surface area contributed by atoms with Crippen LogP contribution in [0.5, 0.6) is 0 Å². The zero-order valence-corrected chi connectivity index (χ0v) is 37.3. The number of hydrogen-bond donors (Lipinski definition) is 5. The summed E-state index contributed by atoms with van der Waals surface area (Å²) in [7, 11) is 4.97. The van der Waals surface area contributed by atoms with Gasteiger partial charge in [0.05, 0.1) is 53.7 Å². The van der Waals surface area contributed by atoms with Crippen LogP contribution in [0.4, 0.5) is 0 Å². The van der Waals surface area contributed by atoms with Gasteiger partial charge in [-0.25, -0.2) is 0 Å². The van der Waals surface area contributed by atoms with Crippen LogP contribution in [-0.4, -0.2) is 156 Å². The topological polar surface area (TPSA) is 195 Å². The number of nitrogens with zero attached hydrogens (tertiary/aromatic N) is 1. The lowest BCUT2D eigenvalue weighted by Crippen LogP contribution is -2.61. The maximum atomic E-state index is 14.3. The molecule has 57 heavy (non-hydrogen) atoms. The van der Waals surface area contributed by atoms with E-state index in [0.717, 1.165) is 0 Å². The van der Waals surface area contributed by atoms with Gasteiger partial charge in [0, 0.05) is 50.4 Å². The molecule has 3 fully saturated rings. The molecule has 334 valence electrons. The van der Waals surface area contributed by atoms with Crippen LogP contribution in [0.1, 0.15) is 109 Å². The molecule has 5 N–H and O–H groups in total. The van der Waals surface area contributed by atoms with Crippen molar-refractivity contribution >= 4 is 11.9 Å². The van der Waals surface area contributed by atoms with Crippen molar-refractivity contribution in [2.75, 3.05) is 27.8 Å². The molecular formula is C42H78N2O13. The zero-order chi connectivity index (χ0) is 43.3. The molecule has 0 aromatic rings. The van der Waals surface area contributed by atoms with Crippen molar-refractivity contribution < 1.29 is 63.2 Å². The Morgan fingerprint density at radius 1 is 0.947 bits per heavy atom. The summed E-state index contributed by atoms with van der Waals surface area (Å²) in [6.07, 6.45) is -8.52. The average Bonchev–Trinajstić information content (AvgIpc) is 3.15. The van der Waals surface area contributed by atoms with Gasteiger partial charge < -0.3 is 58.9 Å². The van der Waals surface area contributed by atoms with Crippen molar-refractivity contribution in [3.63, 3.8) is 0 Å². The van der Waals surface area contributed by atoms with Gasteiger partial charge in [0.15, 0.2) is 12.6 Å². The third kappa shape index (κ3) is 11.9. The molecule has 3 aliphatic heterocycles. The summed E-state index contributed by atoms with van der Waals surface area (Å²) in [4.78, 5) is 28.8. The van der Waals surface area contributed by atoms with E-state index in [1.165, 1.54) is 14.2 Å². The van der Waals surface area contributed by atoms with Crippen molar-refractivity contribution in [2.45, 2.75) is 200 Å². The summed E-state index contributed by atoms with van der Waals surface area (Å²) in [5, 5.41) is 50.0. The molecule has 1 amide bonds. The van der Waals surface area contributed by atoms with Gasteiger partial charge in [0.25, 0.3) is 0 Å². The van der Waals surface area contributed by atoms with E-state index in [2.05, 4.69) is 10.2 Å². The first kappa shape index (κ1) is 49.9. The lowest BCUT2D eigenvalue weighted by Gasteiger charge is -2.49. The van der Waals surface area contributed by atoms with Crippen molar-refractivity contribution in [3.8, 4) is 0 Å². The van der Waals surface area contributed by atoms with E-state index < -0.39 is 108 Å². The Morgan fingerprint density at radius 3 is 2.14 bits per heavy atom. The first-order valence-corrected chi connectivity index (χ1v) is 21.1. The molecular weight excluding hydrogens is 740 g/mol. The summed E-state index contributed by atoms with van der Waals surface area (Å²) in [5.41, 5.74) is -2.73. The predicted molar refractivity (Wildman–Crippen MR) is 213 cm³/mol. The monoisotopic (exact) mass is 819 g/mol. The van der Waals surface area contributed by atoms with Crippen LogP contribution >= 0.6 is 0 Å². The van der Waals surface area contributed by atoms with Crippen molar-refractivity contribution in [1.82, 2.24) is 10.2 Å². The SMILES string of the molecule is CC[C@H]1OC(=O)[C@H](C)[C@@H](O[C@H]2C[C@@](C)(OC)[C@@H](O)[C@H](C)O2)[C@H](C)[C@@H](O[C@@H]2O[C@H](C)C[C@H](N(C)C(C)C)[C@H]2O)[C@](C)(O)C[C@@H](C)[C@H](OCC(=O)NC)[C@H](C)[C@@H](O)[C@H]1C. The molecule has 0 aromatic carbocycles. The summed E-state index contributed by atoms with van der Waals surface area (Å²) in [5.74, 6) is -4.18. The number of nitrogens with one attached hydrogen (secondary N) is 1. The van der Waals surface area contributed by atoms with Crippen LogP contribution in [0.15, 0.2) is 0 Å². The molecule has 19 atom stereocenters. The number of esters is 1. The maximum Gasteiger partial charge on any atom is 0.311 e. The molecule has 3 heterocycles. The number of carbonyl (C=O) groups excluding carboxylic acids is 2. The van der Waals surface area contributed by atoms with Crippen LogP contribution in [0.25, 0.3) is 0 Å². The molecule has 0 saturated carbocycles. The molecule has 15 heteroatoms. The minimum absolute atomic E-state index is 0.0627. The molecule has 0 aromatic heterocycles. The molecule has 3 rings (SSSR count). The van der Waals surface area contributed by atoms with Crippen LogP contribution in [0, 0.1) is 29.6 Å². The van der Waals surface area contributed by atoms with Gasteiger partial charge >= 0.3 is 5.97 Å². The smallest absolute Gasteiger partial charge is 0.311 e. The Hall–Kier alpha value is -1.50. The molecule has 15 nitrogen and oxygen atoms in total. The van der Waals surface area contributed by atoms with Gasteiger partial charge in [-0.05, 0) is 80.7 Å². The Kier molecular flexibility index (Phi) is 18.2. The van der Waals surface area contributed by atoms with Crippen molar-refractivity contribution in [3.05, 3.63) is 0 Å². The number of cyclic esters (lactones) is 1. The minimum atomic E-state index is -1.70. The standard InChI is InChI=1S/C42H78N2O13/c1-16-30-24(6)33(46)25(7)35(52-20-31(45)43-13)22(4)18-41(11,50)38(57-40-34(47)29(17-23(5)53-40)44(14)21(2)3)26(8)36(27(9)39(49)55-30)56-32-19-42(12,51-15)37(48)28(10)54-32/h21-30,32-38,40,46-48,50H,16-20H2,1-15H3,(H,43,45)/t22-,23-,24+,25-,26+,27-,28+,29+,30-,32+,33+,34-,35+,36+,37+,38-,40+,41-,42-/m1/s1. The van der Waals surface area contributed by atoms with Crippen LogP contribution < -0.4 is 5.32 Å². The van der Waals surface area contributed by atoms with E-state index in [0.29, 0.717) is 12.8 Å². The lowest BCUT2D eigenvalue weighted by molar-refractivity contribution is -0.319. The highest BCUT2D eigenvalue weighted by Gasteiger charge is 2.52. The lowest BCUT2D eigenvalue weighted by atomic mass is 9.74. The number of rotatable bonds is 11. The third-order valence-electron chi connectivity index (χ3n) is 13.3. The van der Waals surface area contributed by atoms with Gasteiger partial charge in [0.1, 0.15) is 24.9 Å². The first-order valence-electron chi connectivity index (χ1n) is 21.1. The summed E-state index contributed by atoms with van der Waals surface area (Å²) in [6, 6.07) is -0.198. The second-order valence-corrected chi connectivity index (χ2v) is 18.2. The number of aliphatic hydroxyl groups is 4. The predicted octanol–water partition coefficient (Wildman–Crippen LogP) is 3.01. The molecule has 0 bridgehead atoms. The van der Waals surface area contributed by atoms with Crippen molar-refractivity contribution in [1.29, 1.82) is 0 Å². The van der Waals surface area contributed by atoms with Gasteiger partial charge in [-0.3, -0.25) is 14.5 Å². The van der Waals surface area contributed by atoms with Gasteiger partial charge in [0.2, 0.25) is 5.91 Å².